The second-order valence-electron chi connectivity index (χ2n) is 3.39. The first-order valence-electron chi connectivity index (χ1n) is 4.40. The molecule has 2 rings (SSSR count). The number of fused-ring (bicyclic) bond motifs is 1. The van der Waals surface area contributed by atoms with Crippen molar-refractivity contribution in [3.05, 3.63) is 23.1 Å². The van der Waals surface area contributed by atoms with E-state index in [4.69, 9.17) is 16.7 Å². The van der Waals surface area contributed by atoms with Crippen LogP contribution in [0.1, 0.15) is 0 Å². The van der Waals surface area contributed by atoms with Gasteiger partial charge in [-0.2, -0.15) is 4.99 Å². The molecule has 0 aromatic rings. The molecule has 0 saturated carbocycles. The van der Waals surface area contributed by atoms with Crippen molar-refractivity contribution >= 4 is 23.4 Å². The Bertz CT molecular complexity index is 469. The predicted molar refractivity (Wildman–Crippen MR) is 50.8 cm³/mol. The van der Waals surface area contributed by atoms with Crippen LogP contribution in [0.2, 0.25) is 0 Å². The third-order valence-corrected chi connectivity index (χ3v) is 2.50. The Kier molecular flexibility index (Phi) is 2.63. The zero-order chi connectivity index (χ0) is 12.8. The number of carbonyl (C=O) groups is 1. The summed E-state index contributed by atoms with van der Waals surface area (Å²) in [6.45, 7) is -0.491. The van der Waals surface area contributed by atoms with E-state index < -0.39 is 18.9 Å². The van der Waals surface area contributed by atoms with Crippen LogP contribution in [0, 0.1) is 0 Å². The number of nitrogens with zero attached hydrogens (tertiary/aromatic N) is 2. The molecule has 0 aromatic carbocycles. The Balaban J connectivity index is 2.32. The zero-order valence-electron chi connectivity index (χ0n) is 8.12. The van der Waals surface area contributed by atoms with Gasteiger partial charge in [0.25, 0.3) is 5.84 Å². The van der Waals surface area contributed by atoms with Gasteiger partial charge in [0, 0.05) is 6.20 Å². The van der Waals surface area contributed by atoms with Gasteiger partial charge in [0.2, 0.25) is 5.70 Å². The maximum Gasteiger partial charge on any atom is 0.488 e. The van der Waals surface area contributed by atoms with E-state index in [2.05, 4.69) is 4.99 Å². The van der Waals surface area contributed by atoms with E-state index in [0.29, 0.717) is 6.20 Å². The molecule has 2 aliphatic heterocycles. The molecule has 9 heteroatoms. The summed E-state index contributed by atoms with van der Waals surface area (Å²) in [4.78, 5) is 14.5. The molecule has 92 valence electrons. The lowest BCUT2D eigenvalue weighted by molar-refractivity contribution is -0.763. The van der Waals surface area contributed by atoms with Gasteiger partial charge in [-0.3, -0.25) is 0 Å². The average molecular weight is 269 g/mol. The fourth-order valence-electron chi connectivity index (χ4n) is 1.48. The van der Waals surface area contributed by atoms with Crippen molar-refractivity contribution in [1.82, 2.24) is 4.90 Å². The van der Waals surface area contributed by atoms with Crippen LogP contribution in [0.5, 0.6) is 0 Å². The van der Waals surface area contributed by atoms with Crippen molar-refractivity contribution in [3.63, 3.8) is 0 Å². The van der Waals surface area contributed by atoms with Crippen molar-refractivity contribution < 1.29 is 28.0 Å². The molecule has 1 atom stereocenters. The monoisotopic (exact) mass is 268 g/mol. The Morgan fingerprint density at radius 1 is 1.59 bits per heavy atom. The Morgan fingerprint density at radius 2 is 2.24 bits per heavy atom. The van der Waals surface area contributed by atoms with Crippen molar-refractivity contribution in [2.24, 2.45) is 4.99 Å². The number of amidine groups is 1. The third-order valence-electron chi connectivity index (χ3n) is 2.23. The van der Waals surface area contributed by atoms with Gasteiger partial charge in [0.15, 0.2) is 6.67 Å². The third kappa shape index (κ3) is 2.13. The van der Waals surface area contributed by atoms with Gasteiger partial charge in [-0.05, 0) is 0 Å². The smallest absolute Gasteiger partial charge is 0.476 e. The van der Waals surface area contributed by atoms with E-state index in [1.54, 1.807) is 0 Å². The summed E-state index contributed by atoms with van der Waals surface area (Å²) in [5.41, 5.74) is -0.314. The summed E-state index contributed by atoms with van der Waals surface area (Å²) >= 11 is 5.63. The minimum absolute atomic E-state index is 0.0744. The molecule has 0 aromatic heterocycles. The number of aliphatic imine (C=N–C) groups is 1. The van der Waals surface area contributed by atoms with E-state index in [1.807, 2.05) is 0 Å². The number of carboxylic acids is 1. The molecule has 0 radical (unpaired) electrons. The minimum atomic E-state index is -4.56. The molecule has 0 fully saturated rings. The number of carboxylic acid groups (broad SMARTS) is 1. The maximum atomic E-state index is 12.5. The molecule has 5 nitrogen and oxygen atoms in total. The molecule has 0 saturated heterocycles. The molecular weight excluding hydrogens is 263 g/mol. The highest BCUT2D eigenvalue weighted by atomic mass is 35.5. The minimum Gasteiger partial charge on any atom is -0.476 e. The van der Waals surface area contributed by atoms with Gasteiger partial charge in [0.1, 0.15) is 11.2 Å². The number of rotatable bonds is 1. The van der Waals surface area contributed by atoms with Crippen LogP contribution in [-0.4, -0.2) is 34.8 Å². The number of aliphatic carboxylic acids is 1. The summed E-state index contributed by atoms with van der Waals surface area (Å²) in [7, 11) is 0. The molecule has 2 N–H and O–H groups in total. The van der Waals surface area contributed by atoms with E-state index in [9.17, 15) is 18.0 Å². The van der Waals surface area contributed by atoms with Gasteiger partial charge in [-0.25, -0.2) is 14.6 Å². The first kappa shape index (κ1) is 11.9. The largest absolute Gasteiger partial charge is 0.488 e. The lowest BCUT2D eigenvalue weighted by Gasteiger charge is -2.28. The molecule has 2 aliphatic rings. The first-order chi connectivity index (χ1) is 7.79. The topological polar surface area (TPSA) is 57.3 Å². The molecule has 0 spiro atoms. The van der Waals surface area contributed by atoms with Crippen LogP contribution in [-0.2, 0) is 4.79 Å². The second kappa shape index (κ2) is 3.74. The molecular formula is C8H6ClF3N3O2+. The molecule has 0 amide bonds. The van der Waals surface area contributed by atoms with E-state index in [-0.39, 0.29) is 26.4 Å². The highest BCUT2D eigenvalue weighted by Crippen LogP contribution is 2.24. The number of hydrogen-bond donors (Lipinski definition) is 2. The number of alkyl halides is 3. The van der Waals surface area contributed by atoms with Crippen LogP contribution in [0.25, 0.3) is 0 Å². The summed E-state index contributed by atoms with van der Waals surface area (Å²) in [5, 5.41) is 8.46. The van der Waals surface area contributed by atoms with E-state index >= 15 is 0 Å². The van der Waals surface area contributed by atoms with E-state index in [0.717, 1.165) is 6.20 Å². The highest BCUT2D eigenvalue weighted by Gasteiger charge is 2.44. The van der Waals surface area contributed by atoms with Gasteiger partial charge in [-0.1, -0.05) is 11.6 Å². The Labute approximate surface area is 98.1 Å². The van der Waals surface area contributed by atoms with Crippen molar-refractivity contribution in [2.75, 3.05) is 6.67 Å². The van der Waals surface area contributed by atoms with Gasteiger partial charge in [-0.15, -0.1) is 13.2 Å². The summed E-state index contributed by atoms with van der Waals surface area (Å²) in [6, 6.07) is 0. The summed E-state index contributed by atoms with van der Waals surface area (Å²) in [6.07, 6.45) is -2.77. The van der Waals surface area contributed by atoms with Crippen LogP contribution in [0.15, 0.2) is 28.1 Å². The maximum absolute atomic E-state index is 12.5. The molecule has 17 heavy (non-hydrogen) atoms. The van der Waals surface area contributed by atoms with E-state index in [1.165, 1.54) is 0 Å². The average Bonchev–Trinajstić information content (AvgIpc) is 2.60. The number of hydrogen-bond acceptors (Lipinski definition) is 3. The quantitative estimate of drug-likeness (QED) is 0.663. The van der Waals surface area contributed by atoms with Crippen LogP contribution in [0.4, 0.5) is 13.2 Å². The molecule has 0 bridgehead atoms. The predicted octanol–water partition coefficient (Wildman–Crippen LogP) is 0.0825. The zero-order valence-corrected chi connectivity index (χ0v) is 8.88. The normalized spacial score (nSPS) is 23.9. The summed E-state index contributed by atoms with van der Waals surface area (Å²) in [5.74, 6) is -1.22. The SMILES string of the molecule is O=C(O)C1=C[NH+]2CN(C(F)(F)F)C=C(Cl)C2=N1. The van der Waals surface area contributed by atoms with Crippen molar-refractivity contribution in [3.8, 4) is 0 Å². The van der Waals surface area contributed by atoms with Gasteiger partial charge in [0.05, 0.1) is 0 Å². The Hall–Kier alpha value is -1.54. The fraction of sp³-hybridized carbons (Fsp3) is 0.250. The first-order valence-corrected chi connectivity index (χ1v) is 4.78. The molecule has 0 aliphatic carbocycles. The second-order valence-corrected chi connectivity index (χ2v) is 3.80. The summed E-state index contributed by atoms with van der Waals surface area (Å²) < 4.78 is 37.4. The standard InChI is InChI=1S/C8H5ClF3N3O2/c9-4-1-15(8(10,11)12)3-14-2-5(7(16)17)13-6(4)14/h1-2H,3H2,(H,16,17)/p+1. The van der Waals surface area contributed by atoms with Gasteiger partial charge >= 0.3 is 12.3 Å². The van der Waals surface area contributed by atoms with Crippen LogP contribution >= 0.6 is 11.6 Å². The fourth-order valence-corrected chi connectivity index (χ4v) is 1.77. The molecule has 2 heterocycles. The number of nitrogens with one attached hydrogen (secondary N) is 1. The van der Waals surface area contributed by atoms with Crippen molar-refractivity contribution in [1.29, 1.82) is 0 Å². The number of halogens is 4. The number of quaternary nitrogens is 1. The van der Waals surface area contributed by atoms with Crippen molar-refractivity contribution in [2.45, 2.75) is 6.30 Å². The van der Waals surface area contributed by atoms with Crippen LogP contribution in [0.3, 0.4) is 0 Å². The van der Waals surface area contributed by atoms with Crippen LogP contribution < -0.4 is 4.90 Å². The Morgan fingerprint density at radius 3 is 2.76 bits per heavy atom. The molecule has 1 unspecified atom stereocenters. The lowest BCUT2D eigenvalue weighted by Crippen LogP contribution is -3.12. The highest BCUT2D eigenvalue weighted by molar-refractivity contribution is 6.42. The lowest BCUT2D eigenvalue weighted by atomic mass is 10.4. The van der Waals surface area contributed by atoms with Gasteiger partial charge < -0.3 is 5.11 Å².